The maximum absolute atomic E-state index is 14.9. The van der Waals surface area contributed by atoms with Gasteiger partial charge in [0.05, 0.1) is 28.5 Å². The van der Waals surface area contributed by atoms with Crippen LogP contribution in [0.25, 0.3) is 5.69 Å². The molecule has 1 unspecified atom stereocenters. The van der Waals surface area contributed by atoms with Gasteiger partial charge in [-0.05, 0) is 48.9 Å². The van der Waals surface area contributed by atoms with Crippen LogP contribution in [0, 0.1) is 5.82 Å². The first kappa shape index (κ1) is 24.5. The van der Waals surface area contributed by atoms with Crippen molar-refractivity contribution in [2.24, 2.45) is 0 Å². The first-order valence-electron chi connectivity index (χ1n) is 9.94. The molecule has 0 aliphatic heterocycles. The molecule has 11 heteroatoms. The van der Waals surface area contributed by atoms with E-state index >= 15 is 0 Å². The molecule has 178 valence electrons. The minimum atomic E-state index is -4.61. The fraction of sp³-hybridized carbons (Fsp3) is 0.174. The van der Waals surface area contributed by atoms with Gasteiger partial charge >= 0.3 is 6.18 Å². The SMILES string of the molecule is CC(=O)Nc1cccc(-n2cc(C(=O)NC(C)c3cc(N)cc(C(F)(F)F)c3)ccc2=O)c1F. The van der Waals surface area contributed by atoms with Crippen molar-refractivity contribution in [1.29, 1.82) is 0 Å². The number of nitrogens with one attached hydrogen (secondary N) is 2. The molecule has 3 rings (SSSR count). The number of pyridine rings is 1. The number of amides is 2. The molecule has 4 N–H and O–H groups in total. The Morgan fingerprint density at radius 1 is 1.09 bits per heavy atom. The standard InChI is InChI=1S/C23H20F4N4O3/c1-12(15-8-16(23(25,26)27)10-17(28)9-15)29-22(34)14-6-7-20(33)31(11-14)19-5-3-4-18(21(19)24)30-13(2)32/h3-12H,28H2,1-2H3,(H,29,34)(H,30,32). The topological polar surface area (TPSA) is 106 Å². The van der Waals surface area contributed by atoms with Gasteiger partial charge in [-0.15, -0.1) is 0 Å². The molecule has 0 radical (unpaired) electrons. The molecule has 0 fully saturated rings. The Bertz CT molecular complexity index is 1320. The molecule has 0 saturated heterocycles. The Morgan fingerprint density at radius 2 is 1.79 bits per heavy atom. The fourth-order valence-corrected chi connectivity index (χ4v) is 3.26. The average molecular weight is 476 g/mol. The van der Waals surface area contributed by atoms with E-state index in [0.29, 0.717) is 0 Å². The van der Waals surface area contributed by atoms with E-state index in [4.69, 9.17) is 5.73 Å². The molecule has 7 nitrogen and oxygen atoms in total. The van der Waals surface area contributed by atoms with Crippen molar-refractivity contribution in [2.75, 3.05) is 11.1 Å². The summed E-state index contributed by atoms with van der Waals surface area (Å²) in [6.07, 6.45) is -3.51. The van der Waals surface area contributed by atoms with Crippen molar-refractivity contribution in [3.05, 3.63) is 87.6 Å². The Balaban J connectivity index is 1.91. The maximum atomic E-state index is 14.9. The molecule has 1 atom stereocenters. The first-order valence-corrected chi connectivity index (χ1v) is 9.94. The lowest BCUT2D eigenvalue weighted by Crippen LogP contribution is -2.29. The van der Waals surface area contributed by atoms with E-state index in [0.717, 1.165) is 29.0 Å². The summed E-state index contributed by atoms with van der Waals surface area (Å²) in [6.45, 7) is 2.67. The van der Waals surface area contributed by atoms with Crippen molar-refractivity contribution < 1.29 is 27.2 Å². The van der Waals surface area contributed by atoms with E-state index < -0.39 is 41.0 Å². The van der Waals surface area contributed by atoms with Crippen LogP contribution < -0.4 is 21.9 Å². The highest BCUT2D eigenvalue weighted by molar-refractivity contribution is 5.94. The van der Waals surface area contributed by atoms with Crippen molar-refractivity contribution >= 4 is 23.2 Å². The third-order valence-electron chi connectivity index (χ3n) is 4.87. The van der Waals surface area contributed by atoms with Gasteiger partial charge in [0, 0.05) is 24.9 Å². The number of nitrogens with zero attached hydrogens (tertiary/aromatic N) is 1. The molecular weight excluding hydrogens is 456 g/mol. The van der Waals surface area contributed by atoms with Crippen molar-refractivity contribution in [3.63, 3.8) is 0 Å². The number of anilines is 2. The van der Waals surface area contributed by atoms with Gasteiger partial charge in [0.2, 0.25) is 5.91 Å². The summed E-state index contributed by atoms with van der Waals surface area (Å²) in [4.78, 5) is 36.4. The molecule has 0 saturated carbocycles. The largest absolute Gasteiger partial charge is 0.416 e. The van der Waals surface area contributed by atoms with Crippen LogP contribution in [-0.2, 0) is 11.0 Å². The van der Waals surface area contributed by atoms with Gasteiger partial charge in [-0.3, -0.25) is 19.0 Å². The Morgan fingerprint density at radius 3 is 2.44 bits per heavy atom. The second-order valence-electron chi connectivity index (χ2n) is 7.53. The number of carbonyl (C=O) groups excluding carboxylic acids is 2. The predicted molar refractivity (Wildman–Crippen MR) is 118 cm³/mol. The average Bonchev–Trinajstić information content (AvgIpc) is 2.74. The lowest BCUT2D eigenvalue weighted by molar-refractivity contribution is -0.137. The third kappa shape index (κ3) is 5.42. The van der Waals surface area contributed by atoms with Crippen molar-refractivity contribution in [1.82, 2.24) is 9.88 Å². The molecule has 1 aromatic heterocycles. The zero-order chi connectivity index (χ0) is 25.2. The molecule has 2 amide bonds. The van der Waals surface area contributed by atoms with Crippen LogP contribution in [0.1, 0.15) is 41.4 Å². The van der Waals surface area contributed by atoms with Gasteiger partial charge in [0.15, 0.2) is 5.82 Å². The fourth-order valence-electron chi connectivity index (χ4n) is 3.26. The quantitative estimate of drug-likeness (QED) is 0.382. The number of carbonyl (C=O) groups is 2. The maximum Gasteiger partial charge on any atom is 0.416 e. The van der Waals surface area contributed by atoms with E-state index in [1.807, 2.05) is 0 Å². The van der Waals surface area contributed by atoms with E-state index in [1.165, 1.54) is 44.2 Å². The lowest BCUT2D eigenvalue weighted by atomic mass is 10.0. The highest BCUT2D eigenvalue weighted by atomic mass is 19.4. The second kappa shape index (κ2) is 9.38. The monoisotopic (exact) mass is 476 g/mol. The number of aromatic nitrogens is 1. The van der Waals surface area contributed by atoms with Crippen molar-refractivity contribution in [3.8, 4) is 5.69 Å². The van der Waals surface area contributed by atoms with Gasteiger partial charge in [-0.2, -0.15) is 13.2 Å². The summed E-state index contributed by atoms with van der Waals surface area (Å²) in [5.41, 5.74) is 3.60. The van der Waals surface area contributed by atoms with Gasteiger partial charge in [-0.25, -0.2) is 4.39 Å². The highest BCUT2D eigenvalue weighted by Gasteiger charge is 2.31. The number of nitrogen functional groups attached to an aromatic ring is 1. The second-order valence-corrected chi connectivity index (χ2v) is 7.53. The minimum Gasteiger partial charge on any atom is -0.399 e. The molecule has 2 aromatic carbocycles. The van der Waals surface area contributed by atoms with Gasteiger partial charge in [0.25, 0.3) is 11.5 Å². The van der Waals surface area contributed by atoms with Crippen LogP contribution in [0.5, 0.6) is 0 Å². The summed E-state index contributed by atoms with van der Waals surface area (Å²) in [7, 11) is 0. The molecule has 1 heterocycles. The normalized spacial score (nSPS) is 12.2. The minimum absolute atomic E-state index is 0.0456. The zero-order valence-corrected chi connectivity index (χ0v) is 18.0. The molecule has 34 heavy (non-hydrogen) atoms. The zero-order valence-electron chi connectivity index (χ0n) is 18.0. The first-order chi connectivity index (χ1) is 15.9. The molecule has 0 aliphatic carbocycles. The lowest BCUT2D eigenvalue weighted by Gasteiger charge is -2.18. The van der Waals surface area contributed by atoms with Gasteiger partial charge < -0.3 is 16.4 Å². The van der Waals surface area contributed by atoms with Crippen LogP contribution in [-0.4, -0.2) is 16.4 Å². The van der Waals surface area contributed by atoms with E-state index in [-0.39, 0.29) is 28.2 Å². The summed E-state index contributed by atoms with van der Waals surface area (Å²) in [5, 5.41) is 4.85. The smallest absolute Gasteiger partial charge is 0.399 e. The Labute approximate surface area is 191 Å². The van der Waals surface area contributed by atoms with Crippen LogP contribution >= 0.6 is 0 Å². The molecule has 0 bridgehead atoms. The number of benzene rings is 2. The predicted octanol–water partition coefficient (Wildman–Crippen LogP) is 4.03. The number of hydrogen-bond acceptors (Lipinski definition) is 4. The van der Waals surface area contributed by atoms with E-state index in [2.05, 4.69) is 10.6 Å². The number of rotatable bonds is 5. The van der Waals surface area contributed by atoms with Crippen LogP contribution in [0.4, 0.5) is 28.9 Å². The van der Waals surface area contributed by atoms with Gasteiger partial charge in [-0.1, -0.05) is 6.07 Å². The molecule has 3 aromatic rings. The van der Waals surface area contributed by atoms with E-state index in [1.54, 1.807) is 0 Å². The van der Waals surface area contributed by atoms with Gasteiger partial charge in [0.1, 0.15) is 0 Å². The van der Waals surface area contributed by atoms with E-state index in [9.17, 15) is 31.9 Å². The van der Waals surface area contributed by atoms with Crippen LogP contribution in [0.3, 0.4) is 0 Å². The summed E-state index contributed by atoms with van der Waals surface area (Å²) < 4.78 is 55.0. The Hall–Kier alpha value is -4.15. The summed E-state index contributed by atoms with van der Waals surface area (Å²) in [5.74, 6) is -2.11. The summed E-state index contributed by atoms with van der Waals surface area (Å²) in [6, 6.07) is 8.39. The summed E-state index contributed by atoms with van der Waals surface area (Å²) >= 11 is 0. The molecular formula is C23H20F4N4O3. The number of hydrogen-bond donors (Lipinski definition) is 3. The number of nitrogens with two attached hydrogens (primary N) is 1. The van der Waals surface area contributed by atoms with Crippen LogP contribution in [0.15, 0.2) is 59.5 Å². The Kier molecular flexibility index (Phi) is 6.75. The number of alkyl halides is 3. The molecule has 0 spiro atoms. The third-order valence-corrected chi connectivity index (χ3v) is 4.87. The highest BCUT2D eigenvalue weighted by Crippen LogP contribution is 2.32. The molecule has 0 aliphatic rings. The van der Waals surface area contributed by atoms with Crippen LogP contribution in [0.2, 0.25) is 0 Å². The number of halogens is 4. The van der Waals surface area contributed by atoms with Crippen molar-refractivity contribution in [2.45, 2.75) is 26.1 Å².